The van der Waals surface area contributed by atoms with Gasteiger partial charge < -0.3 is 10.1 Å². The maximum atomic E-state index is 5.10. The van der Waals surface area contributed by atoms with Crippen molar-refractivity contribution in [1.29, 1.82) is 0 Å². The van der Waals surface area contributed by atoms with Gasteiger partial charge in [0.2, 0.25) is 0 Å². The molecule has 1 atom stereocenters. The van der Waals surface area contributed by atoms with Crippen molar-refractivity contribution in [2.45, 2.75) is 31.8 Å². The summed E-state index contributed by atoms with van der Waals surface area (Å²) < 4.78 is 5.10. The van der Waals surface area contributed by atoms with Crippen LogP contribution in [0.25, 0.3) is 0 Å². The molecule has 13 heavy (non-hydrogen) atoms. The Kier molecular flexibility index (Phi) is 3.71. The van der Waals surface area contributed by atoms with Crippen LogP contribution < -0.4 is 5.32 Å². The van der Waals surface area contributed by atoms with Crippen molar-refractivity contribution in [3.63, 3.8) is 0 Å². The quantitative estimate of drug-likeness (QED) is 0.699. The number of likely N-dealkylation sites (tertiary alicyclic amines) is 1. The van der Waals surface area contributed by atoms with Gasteiger partial charge in [-0.25, -0.2) is 0 Å². The zero-order valence-electron chi connectivity index (χ0n) is 9.26. The molecule has 1 heterocycles. The summed E-state index contributed by atoms with van der Waals surface area (Å²) in [5, 5.41) is 3.34. The highest BCUT2D eigenvalue weighted by molar-refractivity contribution is 4.95. The molecule has 0 aromatic rings. The van der Waals surface area contributed by atoms with E-state index >= 15 is 0 Å². The van der Waals surface area contributed by atoms with Crippen LogP contribution in [0.5, 0.6) is 0 Å². The summed E-state index contributed by atoms with van der Waals surface area (Å²) in [6.45, 7) is 7.63. The first-order valence-corrected chi connectivity index (χ1v) is 5.01. The molecule has 1 fully saturated rings. The van der Waals surface area contributed by atoms with Crippen LogP contribution in [0, 0.1) is 0 Å². The molecule has 0 aromatic carbocycles. The molecule has 0 spiro atoms. The first-order valence-electron chi connectivity index (χ1n) is 5.01. The Morgan fingerprint density at radius 1 is 1.54 bits per heavy atom. The minimum atomic E-state index is 0.326. The fraction of sp³-hybridized carbons (Fsp3) is 1.00. The Morgan fingerprint density at radius 2 is 2.23 bits per heavy atom. The van der Waals surface area contributed by atoms with Gasteiger partial charge in [0, 0.05) is 31.8 Å². The van der Waals surface area contributed by atoms with Gasteiger partial charge >= 0.3 is 0 Å². The summed E-state index contributed by atoms with van der Waals surface area (Å²) in [4.78, 5) is 2.50. The predicted molar refractivity (Wildman–Crippen MR) is 55.0 cm³/mol. The number of nitrogens with zero attached hydrogens (tertiary/aromatic N) is 1. The van der Waals surface area contributed by atoms with Crippen molar-refractivity contribution in [2.75, 3.05) is 33.9 Å². The van der Waals surface area contributed by atoms with Gasteiger partial charge in [-0.3, -0.25) is 4.90 Å². The lowest BCUT2D eigenvalue weighted by Gasteiger charge is -2.30. The molecule has 0 radical (unpaired) electrons. The van der Waals surface area contributed by atoms with Gasteiger partial charge in [-0.05, 0) is 27.3 Å². The van der Waals surface area contributed by atoms with E-state index in [2.05, 4.69) is 24.1 Å². The first kappa shape index (κ1) is 11.0. The largest absolute Gasteiger partial charge is 0.383 e. The van der Waals surface area contributed by atoms with Crippen molar-refractivity contribution in [3.05, 3.63) is 0 Å². The number of likely N-dealkylation sites (N-methyl/N-ethyl adjacent to an activating group) is 1. The van der Waals surface area contributed by atoms with Crippen molar-refractivity contribution < 1.29 is 4.74 Å². The lowest BCUT2D eigenvalue weighted by Crippen LogP contribution is -2.40. The summed E-state index contributed by atoms with van der Waals surface area (Å²) in [7, 11) is 3.80. The van der Waals surface area contributed by atoms with Crippen LogP contribution in [0.15, 0.2) is 0 Å². The third kappa shape index (κ3) is 2.66. The normalized spacial score (nSPS) is 28.2. The smallest absolute Gasteiger partial charge is 0.0589 e. The zero-order valence-corrected chi connectivity index (χ0v) is 9.26. The van der Waals surface area contributed by atoms with Gasteiger partial charge in [0.25, 0.3) is 0 Å². The van der Waals surface area contributed by atoms with Gasteiger partial charge in [0.15, 0.2) is 0 Å². The average molecular weight is 186 g/mol. The average Bonchev–Trinajstić information content (AvgIpc) is 2.37. The fourth-order valence-corrected chi connectivity index (χ4v) is 2.10. The van der Waals surface area contributed by atoms with Gasteiger partial charge in [-0.1, -0.05) is 0 Å². The molecular formula is C10H22N2O. The van der Waals surface area contributed by atoms with Gasteiger partial charge in [0.1, 0.15) is 0 Å². The Hall–Kier alpha value is -0.120. The van der Waals surface area contributed by atoms with E-state index < -0.39 is 0 Å². The molecule has 1 N–H and O–H groups in total. The number of rotatable bonds is 4. The molecule has 1 rings (SSSR count). The van der Waals surface area contributed by atoms with Crippen molar-refractivity contribution in [2.24, 2.45) is 0 Å². The van der Waals surface area contributed by atoms with Crippen LogP contribution in [0.4, 0.5) is 0 Å². The fourth-order valence-electron chi connectivity index (χ4n) is 2.10. The number of hydrogen-bond acceptors (Lipinski definition) is 3. The van der Waals surface area contributed by atoms with E-state index in [9.17, 15) is 0 Å². The molecule has 1 aliphatic rings. The topological polar surface area (TPSA) is 24.5 Å². The summed E-state index contributed by atoms with van der Waals surface area (Å²) in [6.07, 6.45) is 1.23. The number of hydrogen-bond donors (Lipinski definition) is 1. The lowest BCUT2D eigenvalue weighted by molar-refractivity contribution is 0.109. The molecule has 0 aliphatic carbocycles. The minimum Gasteiger partial charge on any atom is -0.383 e. The summed E-state index contributed by atoms with van der Waals surface area (Å²) in [5.74, 6) is 0. The monoisotopic (exact) mass is 186 g/mol. The van der Waals surface area contributed by atoms with Gasteiger partial charge in [0.05, 0.1) is 6.61 Å². The second-order valence-electron chi connectivity index (χ2n) is 4.44. The highest BCUT2D eigenvalue weighted by atomic mass is 16.5. The summed E-state index contributed by atoms with van der Waals surface area (Å²) in [6, 6.07) is 0.645. The van der Waals surface area contributed by atoms with E-state index in [0.717, 1.165) is 19.7 Å². The second-order valence-corrected chi connectivity index (χ2v) is 4.44. The van der Waals surface area contributed by atoms with Crippen molar-refractivity contribution in [3.8, 4) is 0 Å². The van der Waals surface area contributed by atoms with E-state index in [0.29, 0.717) is 11.6 Å². The van der Waals surface area contributed by atoms with Gasteiger partial charge in [-0.15, -0.1) is 0 Å². The SMILES string of the molecule is CNC1CN(CCOC)C(C)(C)C1. The van der Waals surface area contributed by atoms with E-state index in [-0.39, 0.29) is 0 Å². The van der Waals surface area contributed by atoms with E-state index in [1.54, 1.807) is 7.11 Å². The number of nitrogens with one attached hydrogen (secondary N) is 1. The van der Waals surface area contributed by atoms with E-state index in [1.807, 2.05) is 7.05 Å². The second kappa shape index (κ2) is 4.40. The molecule has 3 heteroatoms. The van der Waals surface area contributed by atoms with Crippen molar-refractivity contribution in [1.82, 2.24) is 10.2 Å². The highest BCUT2D eigenvalue weighted by Gasteiger charge is 2.36. The van der Waals surface area contributed by atoms with Crippen LogP contribution in [-0.4, -0.2) is 50.3 Å². The predicted octanol–water partition coefficient (Wildman–Crippen LogP) is 0.705. The Balaban J connectivity index is 2.44. The van der Waals surface area contributed by atoms with Crippen molar-refractivity contribution >= 4 is 0 Å². The van der Waals surface area contributed by atoms with Crippen LogP contribution in [0.2, 0.25) is 0 Å². The first-order chi connectivity index (χ1) is 6.10. The minimum absolute atomic E-state index is 0.326. The Labute approximate surface area is 81.4 Å². The molecule has 1 saturated heterocycles. The Bertz CT molecular complexity index is 159. The lowest BCUT2D eigenvalue weighted by atomic mass is 10.0. The number of methoxy groups -OCH3 is 1. The standard InChI is InChI=1S/C10H22N2O/c1-10(2)7-9(11-3)8-12(10)5-6-13-4/h9,11H,5-8H2,1-4H3. The van der Waals surface area contributed by atoms with Gasteiger partial charge in [-0.2, -0.15) is 0 Å². The van der Waals surface area contributed by atoms with Crippen LogP contribution in [0.1, 0.15) is 20.3 Å². The maximum absolute atomic E-state index is 5.10. The molecular weight excluding hydrogens is 164 g/mol. The Morgan fingerprint density at radius 3 is 2.69 bits per heavy atom. The van der Waals surface area contributed by atoms with Crippen LogP contribution >= 0.6 is 0 Å². The third-order valence-corrected chi connectivity index (χ3v) is 3.02. The zero-order chi connectivity index (χ0) is 9.90. The van der Waals surface area contributed by atoms with Crippen LogP contribution in [-0.2, 0) is 4.74 Å². The molecule has 78 valence electrons. The maximum Gasteiger partial charge on any atom is 0.0589 e. The number of ether oxygens (including phenoxy) is 1. The molecule has 1 aliphatic heterocycles. The molecule has 0 bridgehead atoms. The molecule has 0 aromatic heterocycles. The van der Waals surface area contributed by atoms with E-state index in [1.165, 1.54) is 6.42 Å². The van der Waals surface area contributed by atoms with E-state index in [4.69, 9.17) is 4.74 Å². The molecule has 3 nitrogen and oxygen atoms in total. The molecule has 1 unspecified atom stereocenters. The summed E-state index contributed by atoms with van der Waals surface area (Å²) >= 11 is 0. The van der Waals surface area contributed by atoms with Crippen LogP contribution in [0.3, 0.4) is 0 Å². The molecule has 0 saturated carbocycles. The summed E-state index contributed by atoms with van der Waals surface area (Å²) in [5.41, 5.74) is 0.326. The molecule has 0 amide bonds. The highest BCUT2D eigenvalue weighted by Crippen LogP contribution is 2.27. The third-order valence-electron chi connectivity index (χ3n) is 3.02.